The van der Waals surface area contributed by atoms with Gasteiger partial charge < -0.3 is 14.8 Å². The smallest absolute Gasteiger partial charge is 0.0685 e. The van der Waals surface area contributed by atoms with Gasteiger partial charge in [0.1, 0.15) is 0 Å². The van der Waals surface area contributed by atoms with E-state index in [0.29, 0.717) is 30.1 Å². The van der Waals surface area contributed by atoms with E-state index in [1.54, 1.807) is 0 Å². The summed E-state index contributed by atoms with van der Waals surface area (Å²) in [4.78, 5) is 0. The molecule has 3 aliphatic rings. The van der Waals surface area contributed by atoms with E-state index in [-0.39, 0.29) is 5.60 Å². The second-order valence-corrected chi connectivity index (χ2v) is 7.44. The van der Waals surface area contributed by atoms with Crippen molar-refractivity contribution >= 4 is 0 Å². The monoisotopic (exact) mass is 281 g/mol. The summed E-state index contributed by atoms with van der Waals surface area (Å²) in [6.07, 6.45) is 7.14. The van der Waals surface area contributed by atoms with Crippen molar-refractivity contribution in [3.8, 4) is 0 Å². The molecule has 3 rings (SSSR count). The third-order valence-electron chi connectivity index (χ3n) is 6.37. The largest absolute Gasteiger partial charge is 0.375 e. The minimum Gasteiger partial charge on any atom is -0.375 e. The molecule has 2 aliphatic heterocycles. The Morgan fingerprint density at radius 1 is 1.15 bits per heavy atom. The van der Waals surface area contributed by atoms with Crippen LogP contribution in [-0.4, -0.2) is 37.5 Å². The van der Waals surface area contributed by atoms with Crippen LogP contribution in [-0.2, 0) is 9.47 Å². The SMILES string of the molecule is CNC(C1CCOC2(CCC2)C1)C1C(C)OC(C)C1C. The van der Waals surface area contributed by atoms with E-state index in [1.165, 1.54) is 32.1 Å². The minimum absolute atomic E-state index is 0.246. The standard InChI is InChI=1S/C17H31NO2/c1-11-12(2)20-13(3)15(11)16(18-4)14-6-9-19-17(10-14)7-5-8-17/h11-16,18H,5-10H2,1-4H3. The van der Waals surface area contributed by atoms with Crippen LogP contribution in [0.15, 0.2) is 0 Å². The fraction of sp³-hybridized carbons (Fsp3) is 1.00. The molecule has 1 saturated carbocycles. The normalized spacial score (nSPS) is 45.3. The van der Waals surface area contributed by atoms with Gasteiger partial charge in [-0.2, -0.15) is 0 Å². The highest BCUT2D eigenvalue weighted by Gasteiger charge is 2.49. The zero-order valence-corrected chi connectivity index (χ0v) is 13.5. The van der Waals surface area contributed by atoms with E-state index >= 15 is 0 Å². The van der Waals surface area contributed by atoms with Crippen LogP contribution in [0, 0.1) is 17.8 Å². The summed E-state index contributed by atoms with van der Waals surface area (Å²) < 4.78 is 12.2. The molecule has 1 spiro atoms. The maximum atomic E-state index is 6.10. The number of hydrogen-bond acceptors (Lipinski definition) is 3. The van der Waals surface area contributed by atoms with Crippen LogP contribution in [0.5, 0.6) is 0 Å². The molecule has 6 atom stereocenters. The molecule has 0 bridgehead atoms. The highest BCUT2D eigenvalue weighted by molar-refractivity contribution is 5.00. The van der Waals surface area contributed by atoms with E-state index in [2.05, 4.69) is 33.1 Å². The topological polar surface area (TPSA) is 30.5 Å². The maximum absolute atomic E-state index is 6.10. The van der Waals surface area contributed by atoms with Crippen molar-refractivity contribution in [1.82, 2.24) is 5.32 Å². The lowest BCUT2D eigenvalue weighted by Gasteiger charge is -2.50. The van der Waals surface area contributed by atoms with Crippen molar-refractivity contribution in [1.29, 1.82) is 0 Å². The van der Waals surface area contributed by atoms with Gasteiger partial charge in [-0.05, 0) is 64.8 Å². The highest BCUT2D eigenvalue weighted by Crippen LogP contribution is 2.47. The Labute approximate surface area is 123 Å². The predicted molar refractivity (Wildman–Crippen MR) is 80.8 cm³/mol. The summed E-state index contributed by atoms with van der Waals surface area (Å²) in [6.45, 7) is 7.80. The Morgan fingerprint density at radius 3 is 2.40 bits per heavy atom. The van der Waals surface area contributed by atoms with Crippen LogP contribution >= 0.6 is 0 Å². The fourth-order valence-corrected chi connectivity index (χ4v) is 4.95. The first-order chi connectivity index (χ1) is 9.56. The molecule has 116 valence electrons. The molecule has 3 heteroatoms. The second kappa shape index (κ2) is 5.58. The van der Waals surface area contributed by atoms with Gasteiger partial charge in [-0.3, -0.25) is 0 Å². The summed E-state index contributed by atoms with van der Waals surface area (Å²) in [5, 5.41) is 3.65. The van der Waals surface area contributed by atoms with Gasteiger partial charge in [-0.25, -0.2) is 0 Å². The molecule has 0 amide bonds. The zero-order chi connectivity index (χ0) is 14.3. The van der Waals surface area contributed by atoms with E-state index < -0.39 is 0 Å². The molecule has 1 N–H and O–H groups in total. The van der Waals surface area contributed by atoms with Crippen molar-refractivity contribution in [2.75, 3.05) is 13.7 Å². The van der Waals surface area contributed by atoms with E-state index in [0.717, 1.165) is 12.5 Å². The van der Waals surface area contributed by atoms with Crippen LogP contribution in [0.2, 0.25) is 0 Å². The van der Waals surface area contributed by atoms with Gasteiger partial charge in [-0.15, -0.1) is 0 Å². The molecule has 2 saturated heterocycles. The first kappa shape index (κ1) is 14.8. The molecule has 0 aromatic carbocycles. The first-order valence-corrected chi connectivity index (χ1v) is 8.53. The van der Waals surface area contributed by atoms with Gasteiger partial charge in [0.25, 0.3) is 0 Å². The first-order valence-electron chi connectivity index (χ1n) is 8.53. The number of nitrogens with one attached hydrogen (secondary N) is 1. The molecule has 6 unspecified atom stereocenters. The van der Waals surface area contributed by atoms with E-state index in [9.17, 15) is 0 Å². The Balaban J connectivity index is 1.72. The van der Waals surface area contributed by atoms with Crippen LogP contribution in [0.4, 0.5) is 0 Å². The summed E-state index contributed by atoms with van der Waals surface area (Å²) in [5.41, 5.74) is 0.246. The van der Waals surface area contributed by atoms with Crippen molar-refractivity contribution < 1.29 is 9.47 Å². The zero-order valence-electron chi connectivity index (χ0n) is 13.5. The Morgan fingerprint density at radius 2 is 1.90 bits per heavy atom. The van der Waals surface area contributed by atoms with Crippen molar-refractivity contribution in [3.05, 3.63) is 0 Å². The molecular formula is C17H31NO2. The molecule has 2 heterocycles. The highest BCUT2D eigenvalue weighted by atomic mass is 16.5. The molecule has 1 aliphatic carbocycles. The summed E-state index contributed by atoms with van der Waals surface area (Å²) in [7, 11) is 2.13. The minimum atomic E-state index is 0.246. The Hall–Kier alpha value is -0.120. The van der Waals surface area contributed by atoms with Gasteiger partial charge in [0.05, 0.1) is 17.8 Å². The lowest BCUT2D eigenvalue weighted by atomic mass is 9.67. The predicted octanol–water partition coefficient (Wildman–Crippen LogP) is 2.98. The number of rotatable bonds is 3. The third kappa shape index (κ3) is 2.42. The summed E-state index contributed by atoms with van der Waals surface area (Å²) >= 11 is 0. The van der Waals surface area contributed by atoms with Crippen LogP contribution in [0.3, 0.4) is 0 Å². The lowest BCUT2D eigenvalue weighted by Crippen LogP contribution is -2.53. The average molecular weight is 281 g/mol. The molecule has 3 fully saturated rings. The summed E-state index contributed by atoms with van der Waals surface area (Å²) in [6, 6.07) is 0.575. The molecular weight excluding hydrogens is 250 g/mol. The molecule has 3 nitrogen and oxygen atoms in total. The van der Waals surface area contributed by atoms with Crippen molar-refractivity contribution in [2.45, 2.75) is 76.7 Å². The van der Waals surface area contributed by atoms with Gasteiger partial charge in [0.2, 0.25) is 0 Å². The van der Waals surface area contributed by atoms with E-state index in [1.807, 2.05) is 0 Å². The van der Waals surface area contributed by atoms with Crippen LogP contribution in [0.25, 0.3) is 0 Å². The van der Waals surface area contributed by atoms with Crippen molar-refractivity contribution in [2.24, 2.45) is 17.8 Å². The second-order valence-electron chi connectivity index (χ2n) is 7.44. The van der Waals surface area contributed by atoms with Gasteiger partial charge in [0.15, 0.2) is 0 Å². The van der Waals surface area contributed by atoms with Gasteiger partial charge >= 0.3 is 0 Å². The van der Waals surface area contributed by atoms with E-state index in [4.69, 9.17) is 9.47 Å². The van der Waals surface area contributed by atoms with Gasteiger partial charge in [-0.1, -0.05) is 6.92 Å². The lowest BCUT2D eigenvalue weighted by molar-refractivity contribution is -0.150. The molecule has 0 radical (unpaired) electrons. The fourth-order valence-electron chi connectivity index (χ4n) is 4.95. The maximum Gasteiger partial charge on any atom is 0.0685 e. The molecule has 20 heavy (non-hydrogen) atoms. The quantitative estimate of drug-likeness (QED) is 0.862. The number of ether oxygens (including phenoxy) is 2. The molecule has 0 aromatic rings. The van der Waals surface area contributed by atoms with Gasteiger partial charge in [0, 0.05) is 18.6 Å². The third-order valence-corrected chi connectivity index (χ3v) is 6.37. The Bertz CT molecular complexity index is 342. The van der Waals surface area contributed by atoms with Crippen molar-refractivity contribution in [3.63, 3.8) is 0 Å². The van der Waals surface area contributed by atoms with Crippen LogP contribution < -0.4 is 5.32 Å². The van der Waals surface area contributed by atoms with Crippen LogP contribution in [0.1, 0.15) is 52.9 Å². The number of hydrogen-bond donors (Lipinski definition) is 1. The average Bonchev–Trinajstić information content (AvgIpc) is 2.65. The Kier molecular flexibility index (Phi) is 4.13. The summed E-state index contributed by atoms with van der Waals surface area (Å²) in [5.74, 6) is 2.02. The molecule has 0 aromatic heterocycles.